The molecule has 8 heteroatoms. The van der Waals surface area contributed by atoms with Crippen molar-refractivity contribution in [1.82, 2.24) is 4.98 Å². The summed E-state index contributed by atoms with van der Waals surface area (Å²) in [5, 5.41) is 23.4. The van der Waals surface area contributed by atoms with Crippen LogP contribution in [0.1, 0.15) is 22.4 Å². The van der Waals surface area contributed by atoms with Gasteiger partial charge in [-0.25, -0.2) is 4.98 Å². The highest BCUT2D eigenvalue weighted by molar-refractivity contribution is 9.11. The molecule has 0 fully saturated rings. The molecule has 0 saturated carbocycles. The molecule has 24 heavy (non-hydrogen) atoms. The Kier molecular flexibility index (Phi) is 6.31. The molecule has 0 aliphatic heterocycles. The van der Waals surface area contributed by atoms with Crippen molar-refractivity contribution in [3.8, 4) is 11.8 Å². The number of hydrogen-bond donors (Lipinski definition) is 2. The van der Waals surface area contributed by atoms with Gasteiger partial charge in [-0.1, -0.05) is 15.9 Å². The van der Waals surface area contributed by atoms with Crippen molar-refractivity contribution < 1.29 is 9.84 Å². The van der Waals surface area contributed by atoms with E-state index >= 15 is 0 Å². The Labute approximate surface area is 156 Å². The topological polar surface area (TPSA) is 90.5 Å². The zero-order valence-corrected chi connectivity index (χ0v) is 16.1. The lowest BCUT2D eigenvalue weighted by Crippen LogP contribution is -2.03. The van der Waals surface area contributed by atoms with Crippen LogP contribution in [0.3, 0.4) is 0 Å². The number of rotatable bonds is 5. The van der Waals surface area contributed by atoms with Crippen molar-refractivity contribution in [2.24, 2.45) is 5.10 Å². The average Bonchev–Trinajstić information content (AvgIpc) is 2.52. The van der Waals surface area contributed by atoms with Crippen LogP contribution in [0.5, 0.6) is 5.75 Å². The van der Waals surface area contributed by atoms with Crippen LogP contribution in [0.25, 0.3) is 0 Å². The predicted molar refractivity (Wildman–Crippen MR) is 99.1 cm³/mol. The molecule has 124 valence electrons. The van der Waals surface area contributed by atoms with Crippen LogP contribution in [0, 0.1) is 18.3 Å². The molecule has 1 aromatic heterocycles. The second kappa shape index (κ2) is 8.24. The van der Waals surface area contributed by atoms with Gasteiger partial charge in [-0.15, -0.1) is 0 Å². The molecule has 1 heterocycles. The minimum atomic E-state index is 0.0709. The largest absolute Gasteiger partial charge is 0.506 e. The molecule has 0 saturated heterocycles. The van der Waals surface area contributed by atoms with Gasteiger partial charge >= 0.3 is 0 Å². The first-order valence-corrected chi connectivity index (χ1v) is 8.41. The molecule has 0 atom stereocenters. The Balaban J connectivity index is 2.31. The number of nitrogens with zero attached hydrogens (tertiary/aromatic N) is 3. The highest BCUT2D eigenvalue weighted by atomic mass is 79.9. The molecule has 2 rings (SSSR count). The molecule has 0 aliphatic carbocycles. The summed E-state index contributed by atoms with van der Waals surface area (Å²) in [7, 11) is 1.57. The van der Waals surface area contributed by atoms with Crippen molar-refractivity contribution in [2.45, 2.75) is 13.5 Å². The van der Waals surface area contributed by atoms with Crippen LogP contribution >= 0.6 is 31.9 Å². The number of phenolic OH excluding ortho intramolecular Hbond substituents is 1. The molecule has 1 aromatic carbocycles. The standard InChI is InChI=1S/C16H14Br2N4O2/c1-9-3-11(8-24-2)13(6-19)16(21-9)22-20-7-10-4-12(17)5-14(18)15(10)23/h3-5,7,23H,8H2,1-2H3,(H,21,22). The maximum absolute atomic E-state index is 10.0. The molecule has 0 unspecified atom stereocenters. The third kappa shape index (κ3) is 4.32. The zero-order chi connectivity index (χ0) is 17.7. The van der Waals surface area contributed by atoms with E-state index in [1.807, 2.05) is 6.92 Å². The minimum absolute atomic E-state index is 0.0709. The van der Waals surface area contributed by atoms with Gasteiger partial charge in [0.05, 0.1) is 17.3 Å². The lowest BCUT2D eigenvalue weighted by Gasteiger charge is -2.09. The number of hydrazone groups is 1. The fourth-order valence-electron chi connectivity index (χ4n) is 2.06. The van der Waals surface area contributed by atoms with Gasteiger partial charge in [-0.05, 0) is 41.1 Å². The van der Waals surface area contributed by atoms with Crippen LogP contribution in [0.4, 0.5) is 5.82 Å². The van der Waals surface area contributed by atoms with Gasteiger partial charge in [-0.3, -0.25) is 5.43 Å². The van der Waals surface area contributed by atoms with Crippen LogP contribution in [-0.2, 0) is 11.3 Å². The number of anilines is 1. The number of aromatic hydroxyl groups is 1. The molecule has 0 spiro atoms. The monoisotopic (exact) mass is 452 g/mol. The highest BCUT2D eigenvalue weighted by Gasteiger charge is 2.11. The first-order valence-electron chi connectivity index (χ1n) is 6.83. The summed E-state index contributed by atoms with van der Waals surface area (Å²) in [5.41, 5.74) is 5.11. The van der Waals surface area contributed by atoms with E-state index in [2.05, 4.69) is 53.4 Å². The number of pyridine rings is 1. The number of methoxy groups -OCH3 is 1. The number of benzene rings is 1. The van der Waals surface area contributed by atoms with E-state index < -0.39 is 0 Å². The van der Waals surface area contributed by atoms with Crippen molar-refractivity contribution in [1.29, 1.82) is 5.26 Å². The number of phenols is 1. The Morgan fingerprint density at radius 2 is 2.17 bits per heavy atom. The molecule has 0 radical (unpaired) electrons. The van der Waals surface area contributed by atoms with E-state index in [9.17, 15) is 10.4 Å². The average molecular weight is 454 g/mol. The number of ether oxygens (including phenoxy) is 1. The second-order valence-electron chi connectivity index (χ2n) is 4.89. The summed E-state index contributed by atoms with van der Waals surface area (Å²) in [6, 6.07) is 7.36. The highest BCUT2D eigenvalue weighted by Crippen LogP contribution is 2.30. The number of halogens is 2. The zero-order valence-electron chi connectivity index (χ0n) is 13.0. The third-order valence-corrected chi connectivity index (χ3v) is 4.13. The normalized spacial score (nSPS) is 10.8. The number of nitriles is 1. The first-order chi connectivity index (χ1) is 11.5. The van der Waals surface area contributed by atoms with E-state index in [0.29, 0.717) is 28.0 Å². The quantitative estimate of drug-likeness (QED) is 0.525. The van der Waals surface area contributed by atoms with Gasteiger partial charge in [0.1, 0.15) is 17.4 Å². The molecule has 2 N–H and O–H groups in total. The summed E-state index contributed by atoms with van der Waals surface area (Å²) >= 11 is 6.61. The van der Waals surface area contributed by atoms with Crippen molar-refractivity contribution in [3.05, 3.63) is 49.5 Å². The first kappa shape index (κ1) is 18.4. The lowest BCUT2D eigenvalue weighted by atomic mass is 10.1. The molecule has 2 aromatic rings. The molecular formula is C16H14Br2N4O2. The predicted octanol–water partition coefficient (Wildman–Crippen LogP) is 4.08. The van der Waals surface area contributed by atoms with Gasteiger partial charge < -0.3 is 9.84 Å². The van der Waals surface area contributed by atoms with Gasteiger partial charge in [0.15, 0.2) is 5.82 Å². The van der Waals surface area contributed by atoms with Gasteiger partial charge in [-0.2, -0.15) is 10.4 Å². The number of aryl methyl sites for hydroxylation is 1. The van der Waals surface area contributed by atoms with Crippen LogP contribution < -0.4 is 5.43 Å². The van der Waals surface area contributed by atoms with Crippen molar-refractivity contribution in [3.63, 3.8) is 0 Å². The number of aromatic nitrogens is 1. The summed E-state index contributed by atoms with van der Waals surface area (Å²) in [6.07, 6.45) is 1.45. The third-order valence-electron chi connectivity index (χ3n) is 3.07. The van der Waals surface area contributed by atoms with E-state index in [1.54, 1.807) is 25.3 Å². The fourth-order valence-corrected chi connectivity index (χ4v) is 3.32. The smallest absolute Gasteiger partial charge is 0.164 e. The van der Waals surface area contributed by atoms with Crippen LogP contribution in [-0.4, -0.2) is 23.4 Å². The SMILES string of the molecule is COCc1cc(C)nc(NN=Cc2cc(Br)cc(Br)c2O)c1C#N. The molecule has 6 nitrogen and oxygen atoms in total. The lowest BCUT2D eigenvalue weighted by molar-refractivity contribution is 0.184. The van der Waals surface area contributed by atoms with Crippen LogP contribution in [0.15, 0.2) is 32.2 Å². The Hall–Kier alpha value is -1.95. The van der Waals surface area contributed by atoms with E-state index in [1.165, 1.54) is 6.21 Å². The van der Waals surface area contributed by atoms with Gasteiger partial charge in [0, 0.05) is 28.4 Å². The van der Waals surface area contributed by atoms with Gasteiger partial charge in [0.2, 0.25) is 0 Å². The number of nitrogens with one attached hydrogen (secondary N) is 1. The fraction of sp³-hybridized carbons (Fsp3) is 0.188. The summed E-state index contributed by atoms with van der Waals surface area (Å²) in [4.78, 5) is 4.29. The maximum Gasteiger partial charge on any atom is 0.164 e. The maximum atomic E-state index is 10.0. The number of hydrogen-bond acceptors (Lipinski definition) is 6. The minimum Gasteiger partial charge on any atom is -0.506 e. The summed E-state index contributed by atoms with van der Waals surface area (Å²) < 4.78 is 6.45. The van der Waals surface area contributed by atoms with E-state index in [0.717, 1.165) is 15.7 Å². The molecule has 0 bridgehead atoms. The Morgan fingerprint density at radius 3 is 2.83 bits per heavy atom. The van der Waals surface area contributed by atoms with Crippen molar-refractivity contribution >= 4 is 43.9 Å². The Morgan fingerprint density at radius 1 is 1.42 bits per heavy atom. The van der Waals surface area contributed by atoms with Gasteiger partial charge in [0.25, 0.3) is 0 Å². The summed E-state index contributed by atoms with van der Waals surface area (Å²) in [6.45, 7) is 2.14. The molecular weight excluding hydrogens is 440 g/mol. The Bertz CT molecular complexity index is 832. The molecule has 0 aliphatic rings. The van der Waals surface area contributed by atoms with E-state index in [-0.39, 0.29) is 5.75 Å². The van der Waals surface area contributed by atoms with E-state index in [4.69, 9.17) is 4.74 Å². The second-order valence-corrected chi connectivity index (χ2v) is 6.66. The molecule has 0 amide bonds. The summed E-state index contributed by atoms with van der Waals surface area (Å²) in [5.74, 6) is 0.413. The van der Waals surface area contributed by atoms with Crippen LogP contribution in [0.2, 0.25) is 0 Å². The van der Waals surface area contributed by atoms with Crippen molar-refractivity contribution in [2.75, 3.05) is 12.5 Å².